The summed E-state index contributed by atoms with van der Waals surface area (Å²) in [6.45, 7) is 3.86. The van der Waals surface area contributed by atoms with Crippen molar-refractivity contribution in [2.45, 2.75) is 18.7 Å². The van der Waals surface area contributed by atoms with E-state index in [9.17, 15) is 8.42 Å². The summed E-state index contributed by atoms with van der Waals surface area (Å²) in [6.07, 6.45) is 1.73. The van der Waals surface area contributed by atoms with E-state index in [0.717, 1.165) is 17.0 Å². The highest BCUT2D eigenvalue weighted by Crippen LogP contribution is 2.20. The number of pyridine rings is 1. The summed E-state index contributed by atoms with van der Waals surface area (Å²) < 4.78 is 34.4. The molecule has 0 aliphatic heterocycles. The Labute approximate surface area is 134 Å². The zero-order chi connectivity index (χ0) is 16.6. The number of hydrogen-bond donors (Lipinski definition) is 1. The lowest BCUT2D eigenvalue weighted by Gasteiger charge is -2.09. The maximum atomic E-state index is 12.5. The molecule has 0 aliphatic carbocycles. The Kier molecular flexibility index (Phi) is 3.73. The molecule has 0 radical (unpaired) electrons. The molecule has 0 fully saturated rings. The van der Waals surface area contributed by atoms with Crippen LogP contribution < -0.4 is 9.46 Å². The summed E-state index contributed by atoms with van der Waals surface area (Å²) in [5.41, 5.74) is 3.16. The van der Waals surface area contributed by atoms with Crippen molar-refractivity contribution in [2.75, 3.05) is 11.8 Å². The molecule has 0 aliphatic rings. The van der Waals surface area contributed by atoms with Crippen molar-refractivity contribution in [2.24, 2.45) is 0 Å². The van der Waals surface area contributed by atoms with Gasteiger partial charge in [-0.05, 0) is 50.2 Å². The normalized spacial score (nSPS) is 11.6. The van der Waals surface area contributed by atoms with Crippen LogP contribution in [0.2, 0.25) is 0 Å². The van der Waals surface area contributed by atoms with E-state index < -0.39 is 10.0 Å². The van der Waals surface area contributed by atoms with E-state index in [-0.39, 0.29) is 4.90 Å². The molecule has 0 spiro atoms. The van der Waals surface area contributed by atoms with E-state index >= 15 is 0 Å². The summed E-state index contributed by atoms with van der Waals surface area (Å²) in [4.78, 5) is 4.58. The first-order chi connectivity index (χ1) is 10.9. The second-order valence-electron chi connectivity index (χ2n) is 5.21. The van der Waals surface area contributed by atoms with Gasteiger partial charge in [0.2, 0.25) is 0 Å². The van der Waals surface area contributed by atoms with Crippen LogP contribution in [0.4, 0.5) is 5.69 Å². The Morgan fingerprint density at radius 1 is 1.09 bits per heavy atom. The number of methoxy groups -OCH3 is 1. The molecular formula is C16H17N3O3S. The van der Waals surface area contributed by atoms with Crippen molar-refractivity contribution in [1.82, 2.24) is 9.38 Å². The third-order valence-corrected chi connectivity index (χ3v) is 5.11. The van der Waals surface area contributed by atoms with Crippen molar-refractivity contribution in [3.63, 3.8) is 0 Å². The van der Waals surface area contributed by atoms with E-state index in [1.165, 1.54) is 19.2 Å². The van der Waals surface area contributed by atoms with E-state index in [4.69, 9.17) is 4.74 Å². The van der Waals surface area contributed by atoms with Gasteiger partial charge in [-0.2, -0.15) is 0 Å². The maximum Gasteiger partial charge on any atom is 0.261 e. The number of fused-ring (bicyclic) bond motifs is 1. The maximum absolute atomic E-state index is 12.5. The average Bonchev–Trinajstić information content (AvgIpc) is 2.82. The van der Waals surface area contributed by atoms with Gasteiger partial charge in [0.1, 0.15) is 11.4 Å². The Morgan fingerprint density at radius 2 is 1.78 bits per heavy atom. The molecule has 1 aromatic carbocycles. The van der Waals surface area contributed by atoms with Gasteiger partial charge in [0.25, 0.3) is 10.0 Å². The first kappa shape index (κ1) is 15.4. The van der Waals surface area contributed by atoms with Crippen molar-refractivity contribution in [3.8, 4) is 5.75 Å². The van der Waals surface area contributed by atoms with Gasteiger partial charge in [-0.15, -0.1) is 0 Å². The number of ether oxygens (including phenoxy) is 1. The van der Waals surface area contributed by atoms with Crippen molar-refractivity contribution < 1.29 is 13.2 Å². The number of aromatic nitrogens is 2. The molecule has 1 N–H and O–H groups in total. The number of nitrogens with one attached hydrogen (secondary N) is 1. The minimum absolute atomic E-state index is 0.178. The number of imidazole rings is 1. The van der Waals surface area contributed by atoms with Gasteiger partial charge in [0.15, 0.2) is 0 Å². The SMILES string of the molecule is COc1ccc(S(=O)(=O)Nc2ccc3nc(C)c(C)n3c2)cc1. The molecule has 2 heterocycles. The fraction of sp³-hybridized carbons (Fsp3) is 0.188. The summed E-state index contributed by atoms with van der Waals surface area (Å²) in [6, 6.07) is 9.72. The molecule has 23 heavy (non-hydrogen) atoms. The monoisotopic (exact) mass is 331 g/mol. The van der Waals surface area contributed by atoms with Gasteiger partial charge in [-0.3, -0.25) is 4.72 Å². The lowest BCUT2D eigenvalue weighted by Crippen LogP contribution is -2.13. The number of rotatable bonds is 4. The standard InChI is InChI=1S/C16H17N3O3S/c1-11-12(2)19-10-13(4-9-16(19)17-11)18-23(20,21)15-7-5-14(22-3)6-8-15/h4-10,18H,1-3H3. The molecule has 3 aromatic rings. The van der Waals surface area contributed by atoms with Gasteiger partial charge in [-0.1, -0.05) is 0 Å². The van der Waals surface area contributed by atoms with Gasteiger partial charge in [-0.25, -0.2) is 13.4 Å². The molecule has 6 nitrogen and oxygen atoms in total. The molecule has 0 saturated heterocycles. The molecule has 0 unspecified atom stereocenters. The molecule has 7 heteroatoms. The van der Waals surface area contributed by atoms with Gasteiger partial charge >= 0.3 is 0 Å². The zero-order valence-corrected chi connectivity index (χ0v) is 13.9. The highest BCUT2D eigenvalue weighted by Gasteiger charge is 2.15. The van der Waals surface area contributed by atoms with Crippen LogP contribution in [0.25, 0.3) is 5.65 Å². The summed E-state index contributed by atoms with van der Waals surface area (Å²) in [5, 5.41) is 0. The van der Waals surface area contributed by atoms with Gasteiger partial charge in [0, 0.05) is 11.9 Å². The fourth-order valence-corrected chi connectivity index (χ4v) is 3.35. The van der Waals surface area contributed by atoms with E-state index in [2.05, 4.69) is 9.71 Å². The highest BCUT2D eigenvalue weighted by molar-refractivity contribution is 7.92. The fourth-order valence-electron chi connectivity index (χ4n) is 2.31. The van der Waals surface area contributed by atoms with Crippen LogP contribution in [0.1, 0.15) is 11.4 Å². The Hall–Kier alpha value is -2.54. The molecule has 0 amide bonds. The predicted octanol–water partition coefficient (Wildman–Crippen LogP) is 2.76. The third-order valence-electron chi connectivity index (χ3n) is 3.72. The van der Waals surface area contributed by atoms with E-state index in [1.54, 1.807) is 30.5 Å². The lowest BCUT2D eigenvalue weighted by molar-refractivity contribution is 0.414. The smallest absolute Gasteiger partial charge is 0.261 e. The Morgan fingerprint density at radius 3 is 2.43 bits per heavy atom. The zero-order valence-electron chi connectivity index (χ0n) is 13.1. The predicted molar refractivity (Wildman–Crippen MR) is 88.5 cm³/mol. The molecule has 3 rings (SSSR count). The lowest BCUT2D eigenvalue weighted by atomic mass is 10.3. The minimum atomic E-state index is -3.65. The van der Waals surface area contributed by atoms with Crippen molar-refractivity contribution in [1.29, 1.82) is 0 Å². The van der Waals surface area contributed by atoms with E-state index in [0.29, 0.717) is 11.4 Å². The van der Waals surface area contributed by atoms with Crippen molar-refractivity contribution in [3.05, 3.63) is 54.0 Å². The van der Waals surface area contributed by atoms with Crippen LogP contribution in [0.3, 0.4) is 0 Å². The van der Waals surface area contributed by atoms with Crippen LogP contribution in [0.15, 0.2) is 47.5 Å². The van der Waals surface area contributed by atoms with Gasteiger partial charge < -0.3 is 9.14 Å². The Balaban J connectivity index is 1.94. The number of benzene rings is 1. The van der Waals surface area contributed by atoms with Crippen LogP contribution in [0.5, 0.6) is 5.75 Å². The molecule has 2 aromatic heterocycles. The number of hydrogen-bond acceptors (Lipinski definition) is 4. The molecule has 0 atom stereocenters. The van der Waals surface area contributed by atoms with Crippen molar-refractivity contribution >= 4 is 21.4 Å². The molecule has 0 saturated carbocycles. The molecular weight excluding hydrogens is 314 g/mol. The number of nitrogens with zero attached hydrogens (tertiary/aromatic N) is 2. The molecule has 120 valence electrons. The van der Waals surface area contributed by atoms with Crippen LogP contribution in [-0.4, -0.2) is 24.9 Å². The first-order valence-corrected chi connectivity index (χ1v) is 8.51. The van der Waals surface area contributed by atoms with Crippen LogP contribution in [-0.2, 0) is 10.0 Å². The topological polar surface area (TPSA) is 72.7 Å². The summed E-state index contributed by atoms with van der Waals surface area (Å²) in [5.74, 6) is 0.606. The summed E-state index contributed by atoms with van der Waals surface area (Å²) >= 11 is 0. The second kappa shape index (κ2) is 5.58. The number of sulfonamides is 1. The number of aryl methyl sites for hydroxylation is 2. The van der Waals surface area contributed by atoms with E-state index in [1.807, 2.05) is 18.2 Å². The molecule has 0 bridgehead atoms. The summed E-state index contributed by atoms with van der Waals surface area (Å²) in [7, 11) is -2.12. The highest BCUT2D eigenvalue weighted by atomic mass is 32.2. The number of anilines is 1. The van der Waals surface area contributed by atoms with Gasteiger partial charge in [0.05, 0.1) is 23.4 Å². The van der Waals surface area contributed by atoms with Crippen LogP contribution in [0, 0.1) is 13.8 Å². The average molecular weight is 331 g/mol. The Bertz CT molecular complexity index is 960. The first-order valence-electron chi connectivity index (χ1n) is 7.03. The largest absolute Gasteiger partial charge is 0.497 e. The quantitative estimate of drug-likeness (QED) is 0.798. The van der Waals surface area contributed by atoms with Crippen LogP contribution >= 0.6 is 0 Å². The minimum Gasteiger partial charge on any atom is -0.497 e. The second-order valence-corrected chi connectivity index (χ2v) is 6.89. The third kappa shape index (κ3) is 2.87.